The molecule has 26 heavy (non-hydrogen) atoms. The van der Waals surface area contributed by atoms with Crippen LogP contribution in [0.2, 0.25) is 0 Å². The van der Waals surface area contributed by atoms with Crippen molar-refractivity contribution >= 4 is 23.8 Å². The molecule has 0 spiro atoms. The molecule has 0 fully saturated rings. The van der Waals surface area contributed by atoms with Crippen molar-refractivity contribution in [2.75, 3.05) is 14.2 Å². The van der Waals surface area contributed by atoms with Gasteiger partial charge in [-0.05, 0) is 36.4 Å². The van der Waals surface area contributed by atoms with Crippen molar-refractivity contribution in [3.63, 3.8) is 0 Å². The zero-order valence-corrected chi connectivity index (χ0v) is 14.8. The van der Waals surface area contributed by atoms with Crippen molar-refractivity contribution in [2.24, 2.45) is 9.98 Å². The number of ether oxygens (including phenoxy) is 2. The highest BCUT2D eigenvalue weighted by molar-refractivity contribution is 5.92. The summed E-state index contributed by atoms with van der Waals surface area (Å²) in [4.78, 5) is 8.98. The van der Waals surface area contributed by atoms with Gasteiger partial charge in [0.05, 0.1) is 25.6 Å². The molecule has 4 heteroatoms. The summed E-state index contributed by atoms with van der Waals surface area (Å²) in [5, 5.41) is 0. The molecule has 0 bridgehead atoms. The van der Waals surface area contributed by atoms with E-state index in [4.69, 9.17) is 9.47 Å². The Morgan fingerprint density at radius 2 is 1.00 bits per heavy atom. The molecule has 0 heterocycles. The van der Waals surface area contributed by atoms with E-state index in [2.05, 4.69) is 9.98 Å². The van der Waals surface area contributed by atoms with Gasteiger partial charge in [-0.1, -0.05) is 36.4 Å². The van der Waals surface area contributed by atoms with Gasteiger partial charge in [0, 0.05) is 23.6 Å². The minimum absolute atomic E-state index is 0.708. The van der Waals surface area contributed by atoms with E-state index < -0.39 is 0 Å². The van der Waals surface area contributed by atoms with E-state index in [0.29, 0.717) is 11.5 Å². The molecule has 0 aliphatic carbocycles. The quantitative estimate of drug-likeness (QED) is 0.577. The fourth-order valence-corrected chi connectivity index (χ4v) is 2.46. The lowest BCUT2D eigenvalue weighted by Crippen LogP contribution is -1.97. The van der Waals surface area contributed by atoms with Gasteiger partial charge >= 0.3 is 0 Å². The van der Waals surface area contributed by atoms with Gasteiger partial charge in [-0.25, -0.2) is 0 Å². The molecule has 3 rings (SSSR count). The normalized spacial score (nSPS) is 11.2. The van der Waals surface area contributed by atoms with Gasteiger partial charge in [-0.2, -0.15) is 0 Å². The zero-order chi connectivity index (χ0) is 18.2. The van der Waals surface area contributed by atoms with Crippen molar-refractivity contribution < 1.29 is 9.47 Å². The van der Waals surface area contributed by atoms with Crippen LogP contribution < -0.4 is 9.47 Å². The Morgan fingerprint density at radius 1 is 0.615 bits per heavy atom. The Balaban J connectivity index is 1.93. The topological polar surface area (TPSA) is 43.2 Å². The smallest absolute Gasteiger partial charge is 0.128 e. The monoisotopic (exact) mass is 344 g/mol. The maximum absolute atomic E-state index is 5.52. The molecule has 0 atom stereocenters. The fourth-order valence-electron chi connectivity index (χ4n) is 2.46. The first-order valence-corrected chi connectivity index (χ1v) is 8.24. The van der Waals surface area contributed by atoms with Gasteiger partial charge in [-0.15, -0.1) is 0 Å². The molecule has 4 nitrogen and oxygen atoms in total. The van der Waals surface area contributed by atoms with Crippen LogP contribution in [-0.4, -0.2) is 26.6 Å². The van der Waals surface area contributed by atoms with Crippen LogP contribution in [0.5, 0.6) is 11.5 Å². The summed E-state index contributed by atoms with van der Waals surface area (Å²) < 4.78 is 11.0. The van der Waals surface area contributed by atoms with Crippen LogP contribution in [0.25, 0.3) is 0 Å². The van der Waals surface area contributed by atoms with Gasteiger partial charge < -0.3 is 9.47 Å². The second-order valence-electron chi connectivity index (χ2n) is 5.52. The third kappa shape index (κ3) is 4.36. The SMILES string of the molecule is COc1cc(/C=N/c2ccccc2)c(OC)cc1/C=N/c1ccccc1. The van der Waals surface area contributed by atoms with E-state index in [1.807, 2.05) is 72.8 Å². The van der Waals surface area contributed by atoms with Crippen molar-refractivity contribution in [3.8, 4) is 11.5 Å². The second-order valence-corrected chi connectivity index (χ2v) is 5.52. The van der Waals surface area contributed by atoms with Gasteiger partial charge in [0.2, 0.25) is 0 Å². The third-order valence-corrected chi connectivity index (χ3v) is 3.80. The summed E-state index contributed by atoms with van der Waals surface area (Å²) in [5.41, 5.74) is 3.43. The van der Waals surface area contributed by atoms with E-state index in [1.165, 1.54) is 0 Å². The van der Waals surface area contributed by atoms with E-state index in [1.54, 1.807) is 26.6 Å². The van der Waals surface area contributed by atoms with Gasteiger partial charge in [-0.3, -0.25) is 9.98 Å². The molecular weight excluding hydrogens is 324 g/mol. The number of hydrogen-bond donors (Lipinski definition) is 0. The van der Waals surface area contributed by atoms with E-state index >= 15 is 0 Å². The first kappa shape index (κ1) is 17.4. The minimum atomic E-state index is 0.708. The van der Waals surface area contributed by atoms with Crippen LogP contribution in [0.1, 0.15) is 11.1 Å². The number of hydrogen-bond acceptors (Lipinski definition) is 4. The summed E-state index contributed by atoms with van der Waals surface area (Å²) in [7, 11) is 3.28. The van der Waals surface area contributed by atoms with Crippen LogP contribution in [0.4, 0.5) is 11.4 Å². The number of methoxy groups -OCH3 is 2. The Morgan fingerprint density at radius 3 is 1.35 bits per heavy atom. The average Bonchev–Trinajstić information content (AvgIpc) is 2.72. The highest BCUT2D eigenvalue weighted by Gasteiger charge is 2.09. The van der Waals surface area contributed by atoms with Crippen molar-refractivity contribution in [3.05, 3.63) is 83.9 Å². The van der Waals surface area contributed by atoms with Crippen LogP contribution >= 0.6 is 0 Å². The number of nitrogens with zero attached hydrogens (tertiary/aromatic N) is 2. The lowest BCUT2D eigenvalue weighted by Gasteiger charge is -2.10. The molecule has 3 aromatic carbocycles. The number of aliphatic imine (C=N–C) groups is 2. The number of benzene rings is 3. The molecule has 0 N–H and O–H groups in total. The van der Waals surface area contributed by atoms with Crippen molar-refractivity contribution in [2.45, 2.75) is 0 Å². The fraction of sp³-hybridized carbons (Fsp3) is 0.0909. The molecule has 0 amide bonds. The van der Waals surface area contributed by atoms with Gasteiger partial charge in [0.1, 0.15) is 11.5 Å². The second kappa shape index (κ2) is 8.62. The Kier molecular flexibility index (Phi) is 5.78. The lowest BCUT2D eigenvalue weighted by molar-refractivity contribution is 0.402. The molecule has 0 aliphatic heterocycles. The molecule has 3 aromatic rings. The Labute approximate surface area is 153 Å². The highest BCUT2D eigenvalue weighted by Crippen LogP contribution is 2.28. The van der Waals surface area contributed by atoms with Gasteiger partial charge in [0.25, 0.3) is 0 Å². The Bertz CT molecular complexity index is 827. The maximum atomic E-state index is 5.52. The molecule has 0 saturated heterocycles. The lowest BCUT2D eigenvalue weighted by atomic mass is 10.1. The third-order valence-electron chi connectivity index (χ3n) is 3.80. The summed E-state index contributed by atoms with van der Waals surface area (Å²) >= 11 is 0. The van der Waals surface area contributed by atoms with E-state index in [9.17, 15) is 0 Å². The molecule has 0 radical (unpaired) electrons. The van der Waals surface area contributed by atoms with Crippen molar-refractivity contribution in [1.29, 1.82) is 0 Å². The average molecular weight is 344 g/mol. The zero-order valence-electron chi connectivity index (χ0n) is 14.8. The predicted octanol–water partition coefficient (Wildman–Crippen LogP) is 5.21. The molecule has 0 aromatic heterocycles. The summed E-state index contributed by atoms with van der Waals surface area (Å²) in [6, 6.07) is 23.3. The predicted molar refractivity (Wildman–Crippen MR) is 107 cm³/mol. The minimum Gasteiger partial charge on any atom is -0.496 e. The van der Waals surface area contributed by atoms with Gasteiger partial charge in [0.15, 0.2) is 0 Å². The summed E-state index contributed by atoms with van der Waals surface area (Å²) in [5.74, 6) is 1.42. The van der Waals surface area contributed by atoms with E-state index in [0.717, 1.165) is 22.5 Å². The largest absolute Gasteiger partial charge is 0.496 e. The van der Waals surface area contributed by atoms with Crippen LogP contribution in [0, 0.1) is 0 Å². The van der Waals surface area contributed by atoms with E-state index in [-0.39, 0.29) is 0 Å². The van der Waals surface area contributed by atoms with Crippen LogP contribution in [0.3, 0.4) is 0 Å². The van der Waals surface area contributed by atoms with Crippen LogP contribution in [0.15, 0.2) is 82.8 Å². The van der Waals surface area contributed by atoms with Crippen molar-refractivity contribution in [1.82, 2.24) is 0 Å². The molecule has 0 saturated carbocycles. The standard InChI is InChI=1S/C22H20N2O2/c1-25-21-13-18(16-24-20-11-7-4-8-12-20)22(26-2)14-17(21)15-23-19-9-5-3-6-10-19/h3-16H,1-2H3/b23-15+,24-16+. The number of para-hydroxylation sites is 2. The maximum Gasteiger partial charge on any atom is 0.128 e. The molecule has 0 unspecified atom stereocenters. The summed E-state index contributed by atoms with van der Waals surface area (Å²) in [6.45, 7) is 0. The number of rotatable bonds is 6. The molecular formula is C22H20N2O2. The summed E-state index contributed by atoms with van der Waals surface area (Å²) in [6.07, 6.45) is 3.55. The highest BCUT2D eigenvalue weighted by atomic mass is 16.5. The Hall–Kier alpha value is -3.40. The molecule has 130 valence electrons. The first-order valence-electron chi connectivity index (χ1n) is 8.24. The first-order chi connectivity index (χ1) is 12.8. The molecule has 0 aliphatic rings. The van der Waals surface area contributed by atoms with Crippen LogP contribution in [-0.2, 0) is 0 Å².